The highest BCUT2D eigenvalue weighted by Crippen LogP contribution is 2.35. The van der Waals surface area contributed by atoms with Gasteiger partial charge in [-0.25, -0.2) is 0 Å². The van der Waals surface area contributed by atoms with Crippen molar-refractivity contribution in [2.75, 3.05) is 39.3 Å². The van der Waals surface area contributed by atoms with Gasteiger partial charge in [0.15, 0.2) is 0 Å². The Kier molecular flexibility index (Phi) is 3.92. The zero-order chi connectivity index (χ0) is 12.5. The maximum absolute atomic E-state index is 3.45. The first-order valence-corrected chi connectivity index (χ1v) is 7.94. The van der Waals surface area contributed by atoms with Gasteiger partial charge in [0.1, 0.15) is 0 Å². The summed E-state index contributed by atoms with van der Waals surface area (Å²) in [6.07, 6.45) is 4.35. The topological polar surface area (TPSA) is 18.5 Å². The lowest BCUT2D eigenvalue weighted by Crippen LogP contribution is -2.66. The van der Waals surface area contributed by atoms with Gasteiger partial charge in [-0.3, -0.25) is 9.80 Å². The first-order valence-electron chi connectivity index (χ1n) is 7.94. The quantitative estimate of drug-likeness (QED) is 0.800. The summed E-state index contributed by atoms with van der Waals surface area (Å²) in [7, 11) is 0. The molecule has 0 bridgehead atoms. The SMILES string of the molecule is CC1CCCC(C)C1N1CC(N2CCNCC2)C1. The Morgan fingerprint density at radius 3 is 2.11 bits per heavy atom. The molecule has 3 fully saturated rings. The van der Waals surface area contributed by atoms with Gasteiger partial charge in [0.05, 0.1) is 0 Å². The van der Waals surface area contributed by atoms with Crippen molar-refractivity contribution >= 4 is 0 Å². The molecule has 18 heavy (non-hydrogen) atoms. The zero-order valence-corrected chi connectivity index (χ0v) is 12.1. The fraction of sp³-hybridized carbons (Fsp3) is 1.00. The Hall–Kier alpha value is -0.120. The van der Waals surface area contributed by atoms with Gasteiger partial charge in [-0.1, -0.05) is 20.3 Å². The molecule has 0 aromatic carbocycles. The summed E-state index contributed by atoms with van der Waals surface area (Å²) in [6.45, 7) is 12.5. The van der Waals surface area contributed by atoms with Crippen molar-refractivity contribution in [3.05, 3.63) is 0 Å². The fourth-order valence-corrected chi connectivity index (χ4v) is 4.39. The van der Waals surface area contributed by atoms with Gasteiger partial charge >= 0.3 is 0 Å². The summed E-state index contributed by atoms with van der Waals surface area (Å²) in [4.78, 5) is 5.48. The monoisotopic (exact) mass is 251 g/mol. The predicted molar refractivity (Wildman–Crippen MR) is 75.8 cm³/mol. The summed E-state index contributed by atoms with van der Waals surface area (Å²) in [5.41, 5.74) is 0. The lowest BCUT2D eigenvalue weighted by molar-refractivity contribution is -0.0427. The van der Waals surface area contributed by atoms with E-state index in [9.17, 15) is 0 Å². The van der Waals surface area contributed by atoms with Gasteiger partial charge < -0.3 is 5.32 Å². The van der Waals surface area contributed by atoms with E-state index in [4.69, 9.17) is 0 Å². The fourth-order valence-electron chi connectivity index (χ4n) is 4.39. The predicted octanol–water partition coefficient (Wildman–Crippen LogP) is 1.40. The van der Waals surface area contributed by atoms with E-state index in [1.807, 2.05) is 0 Å². The van der Waals surface area contributed by atoms with Crippen LogP contribution in [0.1, 0.15) is 33.1 Å². The van der Waals surface area contributed by atoms with E-state index < -0.39 is 0 Å². The highest BCUT2D eigenvalue weighted by molar-refractivity contribution is 4.97. The summed E-state index contributed by atoms with van der Waals surface area (Å²) in [6, 6.07) is 1.73. The van der Waals surface area contributed by atoms with Crippen LogP contribution in [0.2, 0.25) is 0 Å². The Balaban J connectivity index is 1.51. The molecule has 3 nitrogen and oxygen atoms in total. The molecular formula is C15H29N3. The Labute approximate surface area is 112 Å². The third-order valence-electron chi connectivity index (χ3n) is 5.47. The number of nitrogens with one attached hydrogen (secondary N) is 1. The largest absolute Gasteiger partial charge is 0.314 e. The second kappa shape index (κ2) is 5.48. The summed E-state index contributed by atoms with van der Waals surface area (Å²) >= 11 is 0. The van der Waals surface area contributed by atoms with Gasteiger partial charge in [-0.2, -0.15) is 0 Å². The molecule has 2 unspecified atom stereocenters. The minimum atomic E-state index is 0.855. The lowest BCUT2D eigenvalue weighted by Gasteiger charge is -2.53. The molecule has 0 radical (unpaired) electrons. The molecule has 104 valence electrons. The molecule has 0 aromatic heterocycles. The highest BCUT2D eigenvalue weighted by atomic mass is 15.3. The molecule has 0 aromatic rings. The van der Waals surface area contributed by atoms with Crippen LogP contribution < -0.4 is 5.32 Å². The van der Waals surface area contributed by atoms with E-state index in [0.717, 1.165) is 23.9 Å². The van der Waals surface area contributed by atoms with Crippen LogP contribution in [0.4, 0.5) is 0 Å². The van der Waals surface area contributed by atoms with E-state index in [1.165, 1.54) is 58.5 Å². The molecule has 2 saturated heterocycles. The maximum Gasteiger partial charge on any atom is 0.0351 e. The van der Waals surface area contributed by atoms with Gasteiger partial charge in [-0.05, 0) is 24.7 Å². The van der Waals surface area contributed by atoms with Crippen LogP contribution in [0.3, 0.4) is 0 Å². The molecule has 2 aliphatic heterocycles. The van der Waals surface area contributed by atoms with Crippen molar-refractivity contribution in [1.82, 2.24) is 15.1 Å². The van der Waals surface area contributed by atoms with Crippen LogP contribution in [0, 0.1) is 11.8 Å². The minimum Gasteiger partial charge on any atom is -0.314 e. The average Bonchev–Trinajstić information content (AvgIpc) is 2.32. The van der Waals surface area contributed by atoms with Crippen LogP contribution >= 0.6 is 0 Å². The number of rotatable bonds is 2. The molecule has 0 amide bonds. The minimum absolute atomic E-state index is 0.855. The van der Waals surface area contributed by atoms with Crippen molar-refractivity contribution in [3.63, 3.8) is 0 Å². The second-order valence-electron chi connectivity index (χ2n) is 6.77. The summed E-state index contributed by atoms with van der Waals surface area (Å²) in [5.74, 6) is 1.83. The van der Waals surface area contributed by atoms with E-state index in [0.29, 0.717) is 0 Å². The smallest absolute Gasteiger partial charge is 0.0351 e. The van der Waals surface area contributed by atoms with Crippen molar-refractivity contribution in [2.45, 2.75) is 45.2 Å². The Morgan fingerprint density at radius 1 is 0.889 bits per heavy atom. The summed E-state index contributed by atoms with van der Waals surface area (Å²) < 4.78 is 0. The van der Waals surface area contributed by atoms with E-state index in [2.05, 4.69) is 29.0 Å². The number of likely N-dealkylation sites (tertiary alicyclic amines) is 1. The van der Waals surface area contributed by atoms with Crippen molar-refractivity contribution in [1.29, 1.82) is 0 Å². The first kappa shape index (κ1) is 12.9. The maximum atomic E-state index is 3.45. The molecule has 3 aliphatic rings. The van der Waals surface area contributed by atoms with Gasteiger partial charge in [0, 0.05) is 51.4 Å². The van der Waals surface area contributed by atoms with Crippen LogP contribution in [0.5, 0.6) is 0 Å². The first-order chi connectivity index (χ1) is 8.75. The van der Waals surface area contributed by atoms with Crippen LogP contribution in [0.25, 0.3) is 0 Å². The van der Waals surface area contributed by atoms with Gasteiger partial charge in [0.2, 0.25) is 0 Å². The number of hydrogen-bond acceptors (Lipinski definition) is 3. The third-order valence-corrected chi connectivity index (χ3v) is 5.47. The van der Waals surface area contributed by atoms with Crippen molar-refractivity contribution in [2.24, 2.45) is 11.8 Å². The molecular weight excluding hydrogens is 222 g/mol. The Morgan fingerprint density at radius 2 is 1.50 bits per heavy atom. The van der Waals surface area contributed by atoms with Crippen LogP contribution in [0.15, 0.2) is 0 Å². The van der Waals surface area contributed by atoms with E-state index in [1.54, 1.807) is 0 Å². The summed E-state index contributed by atoms with van der Waals surface area (Å²) in [5, 5.41) is 3.45. The van der Waals surface area contributed by atoms with Crippen LogP contribution in [-0.2, 0) is 0 Å². The average molecular weight is 251 g/mol. The molecule has 1 saturated carbocycles. The molecule has 1 aliphatic carbocycles. The normalized spacial score (nSPS) is 40.7. The van der Waals surface area contributed by atoms with Crippen molar-refractivity contribution < 1.29 is 0 Å². The van der Waals surface area contributed by atoms with Gasteiger partial charge in [-0.15, -0.1) is 0 Å². The molecule has 2 heterocycles. The lowest BCUT2D eigenvalue weighted by atomic mass is 9.76. The molecule has 0 spiro atoms. The van der Waals surface area contributed by atoms with Crippen molar-refractivity contribution in [3.8, 4) is 0 Å². The standard InChI is InChI=1S/C15H29N3/c1-12-4-3-5-13(2)15(12)18-10-14(11-18)17-8-6-16-7-9-17/h12-16H,3-11H2,1-2H3. The molecule has 3 rings (SSSR count). The van der Waals surface area contributed by atoms with Gasteiger partial charge in [0.25, 0.3) is 0 Å². The number of piperazine rings is 1. The second-order valence-corrected chi connectivity index (χ2v) is 6.77. The molecule has 1 N–H and O–H groups in total. The molecule has 2 atom stereocenters. The molecule has 3 heteroatoms. The number of nitrogens with zero attached hydrogens (tertiary/aromatic N) is 2. The van der Waals surface area contributed by atoms with E-state index in [-0.39, 0.29) is 0 Å². The third kappa shape index (κ3) is 2.45. The number of hydrogen-bond donors (Lipinski definition) is 1. The Bertz CT molecular complexity index is 259. The highest BCUT2D eigenvalue weighted by Gasteiger charge is 2.41. The van der Waals surface area contributed by atoms with E-state index >= 15 is 0 Å². The van der Waals surface area contributed by atoms with Crippen LogP contribution in [-0.4, -0.2) is 61.2 Å². The zero-order valence-electron chi connectivity index (χ0n) is 12.1.